The molecule has 0 radical (unpaired) electrons. The molecule has 2 unspecified atom stereocenters. The Morgan fingerprint density at radius 1 is 1.50 bits per heavy atom. The maximum absolute atomic E-state index is 11.7. The number of rotatable bonds is 5. The number of hydrogen-bond acceptors (Lipinski definition) is 2. The van der Waals surface area contributed by atoms with Gasteiger partial charge in [0.25, 0.3) is 0 Å². The molecule has 1 aliphatic rings. The van der Waals surface area contributed by atoms with Crippen LogP contribution in [0.15, 0.2) is 0 Å². The zero-order chi connectivity index (χ0) is 12.2. The molecule has 0 saturated heterocycles. The third kappa shape index (κ3) is 4.52. The minimum atomic E-state index is 0.191. The molecule has 3 heteroatoms. The number of amides is 1. The van der Waals surface area contributed by atoms with Gasteiger partial charge in [0, 0.05) is 18.5 Å². The van der Waals surface area contributed by atoms with E-state index in [2.05, 4.69) is 38.3 Å². The molecule has 1 saturated carbocycles. The Balaban J connectivity index is 2.25. The SMILES string of the molecule is CCNC(C)CC(=O)NC1CCC(C)(C)C1. The average molecular weight is 226 g/mol. The Labute approximate surface area is 99.4 Å². The number of carbonyl (C=O) groups excluding carboxylic acids is 1. The highest BCUT2D eigenvalue weighted by molar-refractivity contribution is 5.76. The Morgan fingerprint density at radius 2 is 2.19 bits per heavy atom. The summed E-state index contributed by atoms with van der Waals surface area (Å²) in [5, 5.41) is 6.40. The number of hydrogen-bond donors (Lipinski definition) is 2. The molecule has 1 rings (SSSR count). The van der Waals surface area contributed by atoms with Crippen LogP contribution < -0.4 is 10.6 Å². The van der Waals surface area contributed by atoms with Crippen molar-refractivity contribution in [2.45, 2.75) is 65.5 Å². The monoisotopic (exact) mass is 226 g/mol. The van der Waals surface area contributed by atoms with Gasteiger partial charge in [-0.1, -0.05) is 20.8 Å². The molecule has 1 aliphatic carbocycles. The van der Waals surface area contributed by atoms with Crippen LogP contribution in [-0.4, -0.2) is 24.5 Å². The van der Waals surface area contributed by atoms with E-state index in [0.29, 0.717) is 17.9 Å². The summed E-state index contributed by atoms with van der Waals surface area (Å²) in [4.78, 5) is 11.7. The molecule has 16 heavy (non-hydrogen) atoms. The number of carbonyl (C=O) groups is 1. The summed E-state index contributed by atoms with van der Waals surface area (Å²) >= 11 is 0. The molecule has 94 valence electrons. The van der Waals surface area contributed by atoms with Crippen LogP contribution in [0.1, 0.15) is 53.4 Å². The van der Waals surface area contributed by atoms with Crippen molar-refractivity contribution in [1.82, 2.24) is 10.6 Å². The Bertz CT molecular complexity index is 238. The van der Waals surface area contributed by atoms with E-state index in [4.69, 9.17) is 0 Å². The van der Waals surface area contributed by atoms with Crippen LogP contribution in [0, 0.1) is 5.41 Å². The van der Waals surface area contributed by atoms with Crippen LogP contribution in [0.2, 0.25) is 0 Å². The largest absolute Gasteiger partial charge is 0.353 e. The Hall–Kier alpha value is -0.570. The molecule has 0 aromatic heterocycles. The second kappa shape index (κ2) is 5.67. The summed E-state index contributed by atoms with van der Waals surface area (Å²) in [6.07, 6.45) is 4.06. The highest BCUT2D eigenvalue weighted by Crippen LogP contribution is 2.36. The van der Waals surface area contributed by atoms with E-state index in [1.165, 1.54) is 6.42 Å². The second-order valence-electron chi connectivity index (χ2n) is 5.83. The molecule has 1 fully saturated rings. The second-order valence-corrected chi connectivity index (χ2v) is 5.83. The summed E-state index contributed by atoms with van der Waals surface area (Å²) in [7, 11) is 0. The lowest BCUT2D eigenvalue weighted by Gasteiger charge is -2.19. The standard InChI is InChI=1S/C13H26N2O/c1-5-14-10(2)8-12(16)15-11-6-7-13(3,4)9-11/h10-11,14H,5-9H2,1-4H3,(H,15,16). The first-order chi connectivity index (χ1) is 7.43. The van der Waals surface area contributed by atoms with Gasteiger partial charge in [0.15, 0.2) is 0 Å². The fourth-order valence-corrected chi connectivity index (χ4v) is 2.54. The van der Waals surface area contributed by atoms with Gasteiger partial charge < -0.3 is 10.6 Å². The molecular formula is C13H26N2O. The maximum Gasteiger partial charge on any atom is 0.221 e. The summed E-state index contributed by atoms with van der Waals surface area (Å²) in [5.41, 5.74) is 0.408. The minimum absolute atomic E-state index is 0.191. The lowest BCUT2D eigenvalue weighted by molar-refractivity contribution is -0.122. The van der Waals surface area contributed by atoms with Crippen molar-refractivity contribution in [3.05, 3.63) is 0 Å². The molecule has 0 aliphatic heterocycles. The predicted molar refractivity (Wildman–Crippen MR) is 67.3 cm³/mol. The molecular weight excluding hydrogens is 200 g/mol. The lowest BCUT2D eigenvalue weighted by Crippen LogP contribution is -2.38. The molecule has 0 bridgehead atoms. The van der Waals surface area contributed by atoms with Gasteiger partial charge in [-0.3, -0.25) is 4.79 Å². The van der Waals surface area contributed by atoms with E-state index in [9.17, 15) is 4.79 Å². The highest BCUT2D eigenvalue weighted by Gasteiger charge is 2.31. The van der Waals surface area contributed by atoms with E-state index in [-0.39, 0.29) is 11.9 Å². The van der Waals surface area contributed by atoms with Crippen LogP contribution >= 0.6 is 0 Å². The van der Waals surface area contributed by atoms with Crippen LogP contribution in [0.3, 0.4) is 0 Å². The van der Waals surface area contributed by atoms with Crippen LogP contribution in [0.5, 0.6) is 0 Å². The van der Waals surface area contributed by atoms with Crippen molar-refractivity contribution in [2.24, 2.45) is 5.41 Å². The Kier molecular flexibility index (Phi) is 4.78. The third-order valence-corrected chi connectivity index (χ3v) is 3.38. The average Bonchev–Trinajstić information content (AvgIpc) is 2.45. The van der Waals surface area contributed by atoms with Gasteiger partial charge in [-0.15, -0.1) is 0 Å². The van der Waals surface area contributed by atoms with Crippen LogP contribution in [0.25, 0.3) is 0 Å². The zero-order valence-electron chi connectivity index (χ0n) is 11.1. The Morgan fingerprint density at radius 3 is 2.69 bits per heavy atom. The number of nitrogens with one attached hydrogen (secondary N) is 2. The van der Waals surface area contributed by atoms with E-state index >= 15 is 0 Å². The van der Waals surface area contributed by atoms with Gasteiger partial charge in [-0.05, 0) is 38.1 Å². The van der Waals surface area contributed by atoms with Crippen molar-refractivity contribution in [3.8, 4) is 0 Å². The van der Waals surface area contributed by atoms with Crippen LogP contribution in [0.4, 0.5) is 0 Å². The summed E-state index contributed by atoms with van der Waals surface area (Å²) in [6, 6.07) is 0.677. The molecule has 2 N–H and O–H groups in total. The van der Waals surface area contributed by atoms with Gasteiger partial charge in [0.05, 0.1) is 0 Å². The third-order valence-electron chi connectivity index (χ3n) is 3.38. The molecule has 2 atom stereocenters. The van der Waals surface area contributed by atoms with E-state index < -0.39 is 0 Å². The normalized spacial score (nSPS) is 25.4. The molecule has 0 aromatic rings. The molecule has 0 heterocycles. The van der Waals surface area contributed by atoms with E-state index in [0.717, 1.165) is 19.4 Å². The predicted octanol–water partition coefficient (Wildman–Crippen LogP) is 2.07. The molecule has 1 amide bonds. The van der Waals surface area contributed by atoms with Crippen molar-refractivity contribution < 1.29 is 4.79 Å². The first-order valence-corrected chi connectivity index (χ1v) is 6.45. The van der Waals surface area contributed by atoms with Gasteiger partial charge in [0.2, 0.25) is 5.91 Å². The van der Waals surface area contributed by atoms with Crippen molar-refractivity contribution in [1.29, 1.82) is 0 Å². The summed E-state index contributed by atoms with van der Waals surface area (Å²) < 4.78 is 0. The van der Waals surface area contributed by atoms with Crippen molar-refractivity contribution in [3.63, 3.8) is 0 Å². The fraction of sp³-hybridized carbons (Fsp3) is 0.923. The molecule has 0 spiro atoms. The van der Waals surface area contributed by atoms with E-state index in [1.807, 2.05) is 0 Å². The topological polar surface area (TPSA) is 41.1 Å². The van der Waals surface area contributed by atoms with Gasteiger partial charge >= 0.3 is 0 Å². The maximum atomic E-state index is 11.7. The van der Waals surface area contributed by atoms with E-state index in [1.54, 1.807) is 0 Å². The van der Waals surface area contributed by atoms with Crippen molar-refractivity contribution in [2.75, 3.05) is 6.54 Å². The quantitative estimate of drug-likeness (QED) is 0.753. The summed E-state index contributed by atoms with van der Waals surface area (Å²) in [5.74, 6) is 0.191. The minimum Gasteiger partial charge on any atom is -0.353 e. The first kappa shape index (κ1) is 13.5. The van der Waals surface area contributed by atoms with Crippen LogP contribution in [-0.2, 0) is 4.79 Å². The van der Waals surface area contributed by atoms with Crippen molar-refractivity contribution >= 4 is 5.91 Å². The lowest BCUT2D eigenvalue weighted by atomic mass is 9.92. The van der Waals surface area contributed by atoms with Gasteiger partial charge in [-0.25, -0.2) is 0 Å². The smallest absolute Gasteiger partial charge is 0.221 e. The molecule has 0 aromatic carbocycles. The zero-order valence-corrected chi connectivity index (χ0v) is 11.1. The first-order valence-electron chi connectivity index (χ1n) is 6.45. The van der Waals surface area contributed by atoms with Gasteiger partial charge in [0.1, 0.15) is 0 Å². The van der Waals surface area contributed by atoms with Gasteiger partial charge in [-0.2, -0.15) is 0 Å². The highest BCUT2D eigenvalue weighted by atomic mass is 16.1. The molecule has 3 nitrogen and oxygen atoms in total. The summed E-state index contributed by atoms with van der Waals surface area (Å²) in [6.45, 7) is 9.60. The fourth-order valence-electron chi connectivity index (χ4n) is 2.54.